The molecule has 1 unspecified atom stereocenters. The maximum absolute atomic E-state index is 9.82. The van der Waals surface area contributed by atoms with E-state index in [1.165, 1.54) is 44.5 Å². The lowest BCUT2D eigenvalue weighted by Gasteiger charge is -2.38. The van der Waals surface area contributed by atoms with Crippen LogP contribution in [-0.4, -0.2) is 39.6 Å². The summed E-state index contributed by atoms with van der Waals surface area (Å²) < 4.78 is 23.2. The van der Waals surface area contributed by atoms with Gasteiger partial charge in [-0.2, -0.15) is 0 Å². The Hall–Kier alpha value is -4.32. The first kappa shape index (κ1) is 34.0. The Labute approximate surface area is 280 Å². The summed E-state index contributed by atoms with van der Waals surface area (Å²) in [6.45, 7) is 8.64. The van der Waals surface area contributed by atoms with Gasteiger partial charge in [-0.25, -0.2) is 0 Å². The van der Waals surface area contributed by atoms with Gasteiger partial charge in [0.1, 0.15) is 23.4 Å². The average Bonchev–Trinajstić information content (AvgIpc) is 3.46. The van der Waals surface area contributed by atoms with Gasteiger partial charge in [0.25, 0.3) is 0 Å². The number of aliphatic hydroxyl groups excluding tert-OH is 1. The molecular weight excluding hydrogens is 584 g/mol. The van der Waals surface area contributed by atoms with Crippen LogP contribution in [-0.2, 0) is 23.0 Å². The quantitative estimate of drug-likeness (QED) is 0.179. The van der Waals surface area contributed by atoms with E-state index < -0.39 is 5.41 Å². The molecule has 0 bridgehead atoms. The molecule has 0 aliphatic heterocycles. The Morgan fingerprint density at radius 2 is 1.43 bits per heavy atom. The van der Waals surface area contributed by atoms with Crippen molar-refractivity contribution in [2.45, 2.75) is 58.5 Å². The molecule has 4 aromatic rings. The molecule has 0 saturated heterocycles. The largest absolute Gasteiger partial charge is 0.497 e. The molecule has 4 aromatic carbocycles. The highest BCUT2D eigenvalue weighted by Gasteiger charge is 2.41. The first-order valence-electron chi connectivity index (χ1n) is 16.8. The van der Waals surface area contributed by atoms with Crippen molar-refractivity contribution in [2.24, 2.45) is 0 Å². The van der Waals surface area contributed by atoms with Gasteiger partial charge in [0.2, 0.25) is 0 Å². The van der Waals surface area contributed by atoms with Crippen LogP contribution < -0.4 is 14.2 Å². The van der Waals surface area contributed by atoms with Gasteiger partial charge < -0.3 is 24.1 Å². The van der Waals surface area contributed by atoms with Gasteiger partial charge >= 0.3 is 0 Å². The number of aliphatic hydroxyl groups is 1. The standard InChI is InChI=1S/C40H42O5.C2H6/c1-6-8-9-32-31(7-2)36-25-40(26-10-14-28(42-3)15-11-26,27-12-16-29(43-4)17-13-27)21-20-34(36)38-37(32)33-19-18-30(44-5)24-35(33)39(38)45-23-22-41;1-2/h8-21,24,39,41H,6-7,22-23,25H2,1-5H3;1-2H3/b9-8-;. The molecule has 0 heterocycles. The molecule has 1 N–H and O–H groups in total. The molecule has 47 heavy (non-hydrogen) atoms. The van der Waals surface area contributed by atoms with Gasteiger partial charge in [-0.05, 0) is 106 Å². The van der Waals surface area contributed by atoms with Crippen LogP contribution in [0.15, 0.2) is 78.9 Å². The summed E-state index contributed by atoms with van der Waals surface area (Å²) in [5.74, 6) is 2.46. The van der Waals surface area contributed by atoms with Crippen LogP contribution in [0.1, 0.15) is 84.7 Å². The number of hydrogen-bond donors (Lipinski definition) is 1. The van der Waals surface area contributed by atoms with Crippen LogP contribution in [0.5, 0.6) is 17.2 Å². The number of benzene rings is 4. The highest BCUT2D eigenvalue weighted by atomic mass is 16.5. The van der Waals surface area contributed by atoms with Crippen LogP contribution in [0.25, 0.3) is 23.3 Å². The molecule has 0 spiro atoms. The molecule has 0 amide bonds. The maximum Gasteiger partial charge on any atom is 0.119 e. The maximum atomic E-state index is 9.82. The smallest absolute Gasteiger partial charge is 0.119 e. The molecule has 2 aliphatic rings. The van der Waals surface area contributed by atoms with Gasteiger partial charge in [0.05, 0.1) is 34.5 Å². The summed E-state index contributed by atoms with van der Waals surface area (Å²) in [5, 5.41) is 9.82. The first-order chi connectivity index (χ1) is 23.0. The second kappa shape index (κ2) is 15.1. The summed E-state index contributed by atoms with van der Waals surface area (Å²) in [5.41, 5.74) is 11.8. The summed E-state index contributed by atoms with van der Waals surface area (Å²) in [6.07, 6.45) is 11.5. The molecular formula is C42H48O5. The molecule has 0 saturated carbocycles. The lowest BCUT2D eigenvalue weighted by atomic mass is 9.65. The predicted molar refractivity (Wildman–Crippen MR) is 193 cm³/mol. The van der Waals surface area contributed by atoms with E-state index in [2.05, 4.69) is 74.5 Å². The zero-order valence-electron chi connectivity index (χ0n) is 28.9. The second-order valence-electron chi connectivity index (χ2n) is 11.6. The van der Waals surface area contributed by atoms with Crippen LogP contribution in [0, 0.1) is 0 Å². The Kier molecular flexibility index (Phi) is 10.9. The van der Waals surface area contributed by atoms with Crippen LogP contribution in [0.2, 0.25) is 0 Å². The Morgan fingerprint density at radius 3 is 1.96 bits per heavy atom. The fraction of sp³-hybridized carbons (Fsp3) is 0.333. The number of rotatable bonds is 11. The van der Waals surface area contributed by atoms with E-state index in [1.54, 1.807) is 21.3 Å². The third-order valence-electron chi connectivity index (χ3n) is 9.37. The Morgan fingerprint density at radius 1 is 0.830 bits per heavy atom. The SMILES string of the molecule is CC.CC/C=C\c1c(CC)c2c(c3c1-c1ccc(OC)cc1C3OCCO)C=CC(c1ccc(OC)cc1)(c1ccc(OC)cc1)C2. The summed E-state index contributed by atoms with van der Waals surface area (Å²) >= 11 is 0. The van der Waals surface area contributed by atoms with Crippen molar-refractivity contribution < 1.29 is 24.1 Å². The summed E-state index contributed by atoms with van der Waals surface area (Å²) in [7, 11) is 5.10. The number of methoxy groups -OCH3 is 3. The third-order valence-corrected chi connectivity index (χ3v) is 9.37. The molecule has 2 aliphatic carbocycles. The van der Waals surface area contributed by atoms with Gasteiger partial charge in [0, 0.05) is 11.0 Å². The Bertz CT molecular complexity index is 1680. The van der Waals surface area contributed by atoms with Crippen molar-refractivity contribution >= 4 is 12.2 Å². The molecule has 246 valence electrons. The lowest BCUT2D eigenvalue weighted by molar-refractivity contribution is 0.0521. The van der Waals surface area contributed by atoms with E-state index in [0.29, 0.717) is 0 Å². The number of fused-ring (bicyclic) bond motifs is 5. The van der Waals surface area contributed by atoms with Crippen molar-refractivity contribution in [1.82, 2.24) is 0 Å². The first-order valence-corrected chi connectivity index (χ1v) is 16.8. The molecule has 0 radical (unpaired) electrons. The minimum atomic E-state index is -0.411. The van der Waals surface area contributed by atoms with Gasteiger partial charge in [-0.15, -0.1) is 0 Å². The third kappa shape index (κ3) is 6.10. The molecule has 6 rings (SSSR count). The van der Waals surface area contributed by atoms with Crippen LogP contribution in [0.4, 0.5) is 0 Å². The summed E-state index contributed by atoms with van der Waals surface area (Å²) in [6, 6.07) is 23.2. The average molecular weight is 633 g/mol. The van der Waals surface area contributed by atoms with Crippen LogP contribution in [0.3, 0.4) is 0 Å². The van der Waals surface area contributed by atoms with E-state index in [0.717, 1.165) is 47.6 Å². The minimum Gasteiger partial charge on any atom is -0.497 e. The van der Waals surface area contributed by atoms with E-state index >= 15 is 0 Å². The lowest BCUT2D eigenvalue weighted by Crippen LogP contribution is -2.32. The van der Waals surface area contributed by atoms with E-state index in [-0.39, 0.29) is 19.3 Å². The van der Waals surface area contributed by atoms with Gasteiger partial charge in [0.15, 0.2) is 0 Å². The monoisotopic (exact) mass is 632 g/mol. The fourth-order valence-corrected chi connectivity index (χ4v) is 7.21. The zero-order valence-corrected chi connectivity index (χ0v) is 28.9. The molecule has 0 fully saturated rings. The number of allylic oxidation sites excluding steroid dienone is 2. The second-order valence-corrected chi connectivity index (χ2v) is 11.6. The zero-order chi connectivity index (χ0) is 33.6. The van der Waals surface area contributed by atoms with Crippen molar-refractivity contribution in [3.63, 3.8) is 0 Å². The highest BCUT2D eigenvalue weighted by Crippen LogP contribution is 2.55. The minimum absolute atomic E-state index is 0.0448. The van der Waals surface area contributed by atoms with Gasteiger partial charge in [-0.3, -0.25) is 0 Å². The van der Waals surface area contributed by atoms with E-state index in [4.69, 9.17) is 18.9 Å². The summed E-state index contributed by atoms with van der Waals surface area (Å²) in [4.78, 5) is 0. The van der Waals surface area contributed by atoms with Gasteiger partial charge in [-0.1, -0.05) is 82.3 Å². The number of ether oxygens (including phenoxy) is 4. The number of hydrogen-bond acceptors (Lipinski definition) is 5. The normalized spacial score (nSPS) is 15.4. The van der Waals surface area contributed by atoms with E-state index in [9.17, 15) is 5.11 Å². The fourth-order valence-electron chi connectivity index (χ4n) is 7.21. The van der Waals surface area contributed by atoms with E-state index in [1.807, 2.05) is 44.2 Å². The molecule has 5 nitrogen and oxygen atoms in total. The Balaban J connectivity index is 0.00000213. The molecule has 0 aromatic heterocycles. The molecule has 5 heteroatoms. The van der Waals surface area contributed by atoms with Crippen molar-refractivity contribution in [1.29, 1.82) is 0 Å². The topological polar surface area (TPSA) is 57.2 Å². The van der Waals surface area contributed by atoms with Crippen LogP contribution >= 0.6 is 0 Å². The van der Waals surface area contributed by atoms with Crippen molar-refractivity contribution in [3.8, 4) is 28.4 Å². The van der Waals surface area contributed by atoms with Crippen molar-refractivity contribution in [3.05, 3.63) is 123 Å². The molecule has 1 atom stereocenters. The predicted octanol–water partition coefficient (Wildman–Crippen LogP) is 9.36. The highest BCUT2D eigenvalue weighted by molar-refractivity contribution is 5.92. The van der Waals surface area contributed by atoms with Crippen molar-refractivity contribution in [2.75, 3.05) is 34.5 Å².